The standard InChI is InChI=1S/C17H19ClO2/c1-2-3-5-13-8-10-15(11-9-13)20-17-14(12-19)6-4-7-16(17)18/h4,6-11,19H,2-3,5,12H2,1H3. The van der Waals surface area contributed by atoms with Crippen LogP contribution in [0.3, 0.4) is 0 Å². The van der Waals surface area contributed by atoms with Gasteiger partial charge in [-0.3, -0.25) is 0 Å². The zero-order valence-corrected chi connectivity index (χ0v) is 12.4. The van der Waals surface area contributed by atoms with Gasteiger partial charge in [-0.25, -0.2) is 0 Å². The molecule has 0 saturated heterocycles. The normalized spacial score (nSPS) is 10.6. The van der Waals surface area contributed by atoms with Crippen molar-refractivity contribution in [2.75, 3.05) is 0 Å². The Morgan fingerprint density at radius 1 is 1.10 bits per heavy atom. The number of hydrogen-bond acceptors (Lipinski definition) is 2. The molecule has 0 aliphatic carbocycles. The summed E-state index contributed by atoms with van der Waals surface area (Å²) in [4.78, 5) is 0. The summed E-state index contributed by atoms with van der Waals surface area (Å²) in [6.07, 6.45) is 3.47. The van der Waals surface area contributed by atoms with Crippen molar-refractivity contribution in [1.82, 2.24) is 0 Å². The maximum atomic E-state index is 9.32. The van der Waals surface area contributed by atoms with Crippen LogP contribution in [0.1, 0.15) is 30.9 Å². The van der Waals surface area contributed by atoms with Crippen LogP contribution in [0.15, 0.2) is 42.5 Å². The summed E-state index contributed by atoms with van der Waals surface area (Å²) in [6, 6.07) is 13.4. The van der Waals surface area contributed by atoms with Crippen LogP contribution in [0, 0.1) is 0 Å². The SMILES string of the molecule is CCCCc1ccc(Oc2c(Cl)cccc2CO)cc1. The van der Waals surface area contributed by atoms with Crippen LogP contribution in [-0.2, 0) is 13.0 Å². The lowest BCUT2D eigenvalue weighted by Gasteiger charge is -2.11. The lowest BCUT2D eigenvalue weighted by molar-refractivity contribution is 0.276. The Bertz CT molecular complexity index is 549. The molecule has 0 atom stereocenters. The zero-order chi connectivity index (χ0) is 14.4. The fourth-order valence-electron chi connectivity index (χ4n) is 2.02. The van der Waals surface area contributed by atoms with Crippen LogP contribution in [0.25, 0.3) is 0 Å². The summed E-state index contributed by atoms with van der Waals surface area (Å²) < 4.78 is 5.80. The van der Waals surface area contributed by atoms with Crippen LogP contribution in [-0.4, -0.2) is 5.11 Å². The van der Waals surface area contributed by atoms with E-state index in [1.54, 1.807) is 18.2 Å². The van der Waals surface area contributed by atoms with E-state index in [4.69, 9.17) is 16.3 Å². The minimum atomic E-state index is -0.0928. The number of ether oxygens (including phenoxy) is 1. The van der Waals surface area contributed by atoms with Gasteiger partial charge in [-0.05, 0) is 36.6 Å². The number of aliphatic hydroxyl groups excluding tert-OH is 1. The van der Waals surface area contributed by atoms with Crippen LogP contribution in [0.2, 0.25) is 5.02 Å². The molecule has 106 valence electrons. The third-order valence-corrected chi connectivity index (χ3v) is 3.48. The molecule has 0 aromatic heterocycles. The molecule has 2 rings (SSSR count). The molecule has 1 N–H and O–H groups in total. The molecule has 0 fully saturated rings. The second kappa shape index (κ2) is 7.32. The van der Waals surface area contributed by atoms with Crippen molar-refractivity contribution in [3.8, 4) is 11.5 Å². The number of aliphatic hydroxyl groups is 1. The molecule has 3 heteroatoms. The Labute approximate surface area is 125 Å². The van der Waals surface area contributed by atoms with Gasteiger partial charge in [-0.15, -0.1) is 0 Å². The maximum Gasteiger partial charge on any atom is 0.151 e. The monoisotopic (exact) mass is 290 g/mol. The van der Waals surface area contributed by atoms with E-state index in [0.29, 0.717) is 16.3 Å². The average molecular weight is 291 g/mol. The quantitative estimate of drug-likeness (QED) is 0.814. The third-order valence-electron chi connectivity index (χ3n) is 3.18. The molecule has 0 aliphatic rings. The Kier molecular flexibility index (Phi) is 5.45. The number of halogens is 1. The van der Waals surface area contributed by atoms with Crippen molar-refractivity contribution in [2.45, 2.75) is 32.8 Å². The van der Waals surface area contributed by atoms with Gasteiger partial charge in [0.25, 0.3) is 0 Å². The molecule has 0 spiro atoms. The van der Waals surface area contributed by atoms with E-state index in [1.165, 1.54) is 18.4 Å². The van der Waals surface area contributed by atoms with E-state index < -0.39 is 0 Å². The predicted molar refractivity (Wildman–Crippen MR) is 82.5 cm³/mol. The first-order valence-corrected chi connectivity index (χ1v) is 7.27. The second-order valence-corrected chi connectivity index (χ2v) is 5.14. The summed E-state index contributed by atoms with van der Waals surface area (Å²) in [5.41, 5.74) is 1.99. The third kappa shape index (κ3) is 3.75. The van der Waals surface area contributed by atoms with Crippen molar-refractivity contribution in [2.24, 2.45) is 0 Å². The Morgan fingerprint density at radius 2 is 1.85 bits per heavy atom. The summed E-state index contributed by atoms with van der Waals surface area (Å²) in [7, 11) is 0. The van der Waals surface area contributed by atoms with E-state index in [2.05, 4.69) is 19.1 Å². The minimum Gasteiger partial charge on any atom is -0.455 e. The first-order chi connectivity index (χ1) is 9.74. The highest BCUT2D eigenvalue weighted by Gasteiger charge is 2.08. The summed E-state index contributed by atoms with van der Waals surface area (Å²) in [5, 5.41) is 9.83. The predicted octanol–water partition coefficient (Wildman–Crippen LogP) is 4.97. The molecule has 0 amide bonds. The molecule has 0 radical (unpaired) electrons. The highest BCUT2D eigenvalue weighted by atomic mass is 35.5. The first-order valence-electron chi connectivity index (χ1n) is 6.89. The number of rotatable bonds is 6. The molecule has 0 heterocycles. The van der Waals surface area contributed by atoms with Gasteiger partial charge >= 0.3 is 0 Å². The smallest absolute Gasteiger partial charge is 0.151 e. The Morgan fingerprint density at radius 3 is 2.50 bits per heavy atom. The molecule has 2 nitrogen and oxygen atoms in total. The van der Waals surface area contributed by atoms with Gasteiger partial charge < -0.3 is 9.84 Å². The lowest BCUT2D eigenvalue weighted by atomic mass is 10.1. The van der Waals surface area contributed by atoms with Gasteiger partial charge in [0, 0.05) is 5.56 Å². The average Bonchev–Trinajstić information content (AvgIpc) is 2.48. The van der Waals surface area contributed by atoms with Crippen LogP contribution in [0.4, 0.5) is 0 Å². The van der Waals surface area contributed by atoms with Crippen LogP contribution < -0.4 is 4.74 Å². The van der Waals surface area contributed by atoms with E-state index in [1.807, 2.05) is 12.1 Å². The number of para-hydroxylation sites is 1. The Balaban J connectivity index is 2.14. The van der Waals surface area contributed by atoms with Gasteiger partial charge in [0.05, 0.1) is 11.6 Å². The van der Waals surface area contributed by atoms with Gasteiger partial charge in [0.15, 0.2) is 5.75 Å². The highest BCUT2D eigenvalue weighted by Crippen LogP contribution is 2.33. The fraction of sp³-hybridized carbons (Fsp3) is 0.294. The topological polar surface area (TPSA) is 29.5 Å². The van der Waals surface area contributed by atoms with E-state index in [9.17, 15) is 5.11 Å². The largest absolute Gasteiger partial charge is 0.455 e. The van der Waals surface area contributed by atoms with Crippen molar-refractivity contribution in [3.05, 3.63) is 58.6 Å². The molecular weight excluding hydrogens is 272 g/mol. The number of hydrogen-bond donors (Lipinski definition) is 1. The zero-order valence-electron chi connectivity index (χ0n) is 11.6. The van der Waals surface area contributed by atoms with Crippen LogP contribution >= 0.6 is 11.6 Å². The summed E-state index contributed by atoms with van der Waals surface area (Å²) in [6.45, 7) is 2.09. The first kappa shape index (κ1) is 14.9. The van der Waals surface area contributed by atoms with E-state index in [0.717, 1.165) is 12.2 Å². The van der Waals surface area contributed by atoms with Crippen molar-refractivity contribution in [3.63, 3.8) is 0 Å². The highest BCUT2D eigenvalue weighted by molar-refractivity contribution is 6.32. The molecular formula is C17H19ClO2. The van der Waals surface area contributed by atoms with E-state index in [-0.39, 0.29) is 6.61 Å². The maximum absolute atomic E-state index is 9.32. The molecule has 0 bridgehead atoms. The summed E-state index contributed by atoms with van der Waals surface area (Å²) in [5.74, 6) is 1.26. The van der Waals surface area contributed by atoms with Crippen molar-refractivity contribution < 1.29 is 9.84 Å². The van der Waals surface area contributed by atoms with Gasteiger partial charge in [0.2, 0.25) is 0 Å². The number of benzene rings is 2. The fourth-order valence-corrected chi connectivity index (χ4v) is 2.25. The molecule has 0 unspecified atom stereocenters. The van der Waals surface area contributed by atoms with Gasteiger partial charge in [-0.1, -0.05) is 49.2 Å². The van der Waals surface area contributed by atoms with Crippen LogP contribution in [0.5, 0.6) is 11.5 Å². The molecule has 2 aromatic carbocycles. The number of aryl methyl sites for hydroxylation is 1. The van der Waals surface area contributed by atoms with Gasteiger partial charge in [-0.2, -0.15) is 0 Å². The van der Waals surface area contributed by atoms with Crippen molar-refractivity contribution >= 4 is 11.6 Å². The lowest BCUT2D eigenvalue weighted by Crippen LogP contribution is -1.93. The molecule has 0 saturated carbocycles. The van der Waals surface area contributed by atoms with Gasteiger partial charge in [0.1, 0.15) is 5.75 Å². The van der Waals surface area contributed by atoms with Crippen molar-refractivity contribution in [1.29, 1.82) is 0 Å². The summed E-state index contributed by atoms with van der Waals surface area (Å²) >= 11 is 6.12. The molecule has 0 aliphatic heterocycles. The number of unbranched alkanes of at least 4 members (excludes halogenated alkanes) is 1. The van der Waals surface area contributed by atoms with E-state index >= 15 is 0 Å². The minimum absolute atomic E-state index is 0.0928. The molecule has 2 aromatic rings. The Hall–Kier alpha value is -1.51. The molecule has 20 heavy (non-hydrogen) atoms. The second-order valence-electron chi connectivity index (χ2n) is 4.74.